The van der Waals surface area contributed by atoms with Gasteiger partial charge < -0.3 is 30.1 Å². The van der Waals surface area contributed by atoms with Crippen LogP contribution in [-0.2, 0) is 20.8 Å². The molecule has 10 heteroatoms. The number of carbonyl (C=O) groups is 3. The van der Waals surface area contributed by atoms with E-state index in [1.54, 1.807) is 0 Å². The number of ether oxygens (including phenoxy) is 1. The van der Waals surface area contributed by atoms with Gasteiger partial charge in [-0.25, -0.2) is 4.79 Å². The molecule has 4 aromatic rings. The van der Waals surface area contributed by atoms with Crippen molar-refractivity contribution in [2.24, 2.45) is 0 Å². The van der Waals surface area contributed by atoms with Gasteiger partial charge in [-0.05, 0) is 59.5 Å². The Kier molecular flexibility index (Phi) is 15.0. The molecular formula is C39H42ClNO8. The number of hydrogen-bond acceptors (Lipinski definition) is 6. The molecule has 258 valence electrons. The van der Waals surface area contributed by atoms with Gasteiger partial charge in [-0.3, -0.25) is 9.59 Å². The molecule has 0 heterocycles. The zero-order valence-electron chi connectivity index (χ0n) is 27.6. The molecule has 0 aromatic heterocycles. The standard InChI is InChI=1S/C33H34ClNO.C6H8O7/c1-3-35(4-2)23-24-36-31-21-19-29(20-22-31)32(33(34)30-13-9-6-10-14-30)28-17-15-27(16-18-28)25-26-11-7-5-8-12-26;7-3(8)1-6(13,5(11)12)2-4(9)10/h5-22H,3-4,23-25H2,1-2H3;13H,1-2H2,(H,7,8)(H,9,10)(H,11,12)/b33-32+;. The molecule has 0 unspecified atom stereocenters. The maximum absolute atomic E-state index is 10.3. The maximum atomic E-state index is 10.3. The summed E-state index contributed by atoms with van der Waals surface area (Å²) in [6, 6.07) is 37.7. The first kappa shape index (κ1) is 38.5. The van der Waals surface area contributed by atoms with Crippen LogP contribution >= 0.6 is 11.6 Å². The maximum Gasteiger partial charge on any atom is 0.336 e. The number of aliphatic carboxylic acids is 3. The molecule has 0 spiro atoms. The van der Waals surface area contributed by atoms with E-state index in [2.05, 4.69) is 97.6 Å². The van der Waals surface area contributed by atoms with E-state index < -0.39 is 36.4 Å². The van der Waals surface area contributed by atoms with Crippen LogP contribution in [-0.4, -0.2) is 75.1 Å². The Morgan fingerprint density at radius 1 is 0.673 bits per heavy atom. The first-order valence-electron chi connectivity index (χ1n) is 15.9. The van der Waals surface area contributed by atoms with E-state index in [1.165, 1.54) is 11.1 Å². The van der Waals surface area contributed by atoms with Crippen LogP contribution in [0.5, 0.6) is 5.75 Å². The summed E-state index contributed by atoms with van der Waals surface area (Å²) in [6.07, 6.45) is -1.38. The quantitative estimate of drug-likeness (QED) is 0.0924. The van der Waals surface area contributed by atoms with E-state index in [9.17, 15) is 14.4 Å². The van der Waals surface area contributed by atoms with Crippen molar-refractivity contribution in [3.8, 4) is 5.75 Å². The molecule has 0 bridgehead atoms. The summed E-state index contributed by atoms with van der Waals surface area (Å²) in [7, 11) is 0. The summed E-state index contributed by atoms with van der Waals surface area (Å²) >= 11 is 7.04. The molecule has 0 radical (unpaired) electrons. The number of benzene rings is 4. The Morgan fingerprint density at radius 3 is 1.61 bits per heavy atom. The van der Waals surface area contributed by atoms with E-state index in [0.29, 0.717) is 6.61 Å². The smallest absolute Gasteiger partial charge is 0.336 e. The molecule has 0 saturated heterocycles. The van der Waals surface area contributed by atoms with Crippen LogP contribution in [0.2, 0.25) is 0 Å². The molecule has 0 aliphatic carbocycles. The van der Waals surface area contributed by atoms with Gasteiger partial charge in [-0.1, -0.05) is 123 Å². The lowest BCUT2D eigenvalue weighted by molar-refractivity contribution is -0.170. The van der Waals surface area contributed by atoms with Crippen LogP contribution in [0.3, 0.4) is 0 Å². The van der Waals surface area contributed by atoms with Crippen molar-refractivity contribution in [3.05, 3.63) is 137 Å². The molecule has 0 fully saturated rings. The van der Waals surface area contributed by atoms with Crippen molar-refractivity contribution >= 4 is 40.1 Å². The summed E-state index contributed by atoms with van der Waals surface area (Å²) in [5, 5.41) is 34.5. The monoisotopic (exact) mass is 687 g/mol. The van der Waals surface area contributed by atoms with Gasteiger partial charge in [-0.15, -0.1) is 0 Å². The molecule has 4 aromatic carbocycles. The molecule has 0 atom stereocenters. The van der Waals surface area contributed by atoms with Crippen molar-refractivity contribution in [2.75, 3.05) is 26.2 Å². The van der Waals surface area contributed by atoms with Crippen molar-refractivity contribution in [1.29, 1.82) is 0 Å². The van der Waals surface area contributed by atoms with E-state index in [1.807, 2.05) is 30.3 Å². The molecule has 0 amide bonds. The third-order valence-corrected chi connectivity index (χ3v) is 8.15. The average Bonchev–Trinajstić information content (AvgIpc) is 3.08. The number of hydrogen-bond donors (Lipinski definition) is 4. The minimum atomic E-state index is -2.74. The fraction of sp³-hybridized carbons (Fsp3) is 0.256. The second-order valence-corrected chi connectivity index (χ2v) is 11.7. The normalized spacial score (nSPS) is 11.6. The SMILES string of the molecule is CCN(CC)CCOc1ccc(/C(=C(/Cl)c2ccccc2)c2ccc(Cc3ccccc3)cc2)cc1.O=C(O)CC(O)(CC(=O)O)C(=O)O. The number of halogens is 1. The summed E-state index contributed by atoms with van der Waals surface area (Å²) in [5.41, 5.74) is 4.02. The minimum absolute atomic E-state index is 0.678. The molecule has 9 nitrogen and oxygen atoms in total. The highest BCUT2D eigenvalue weighted by Gasteiger charge is 2.40. The largest absolute Gasteiger partial charge is 0.492 e. The third-order valence-electron chi connectivity index (χ3n) is 7.74. The van der Waals surface area contributed by atoms with Crippen LogP contribution < -0.4 is 4.74 Å². The summed E-state index contributed by atoms with van der Waals surface area (Å²) in [6.45, 7) is 8.03. The lowest BCUT2D eigenvalue weighted by Crippen LogP contribution is -2.42. The van der Waals surface area contributed by atoms with Crippen molar-refractivity contribution in [2.45, 2.75) is 38.7 Å². The van der Waals surface area contributed by atoms with Crippen LogP contribution in [0.15, 0.2) is 109 Å². The number of aliphatic hydroxyl groups is 1. The van der Waals surface area contributed by atoms with E-state index in [-0.39, 0.29) is 0 Å². The molecule has 4 N–H and O–H groups in total. The lowest BCUT2D eigenvalue weighted by Gasteiger charge is -2.18. The van der Waals surface area contributed by atoms with E-state index >= 15 is 0 Å². The van der Waals surface area contributed by atoms with Gasteiger partial charge in [0.05, 0.1) is 17.9 Å². The zero-order valence-corrected chi connectivity index (χ0v) is 28.3. The fourth-order valence-corrected chi connectivity index (χ4v) is 5.38. The van der Waals surface area contributed by atoms with Crippen LogP contribution in [0.25, 0.3) is 10.6 Å². The number of nitrogens with zero attached hydrogens (tertiary/aromatic N) is 1. The Balaban J connectivity index is 0.000000425. The second-order valence-electron chi connectivity index (χ2n) is 11.3. The Bertz CT molecular complexity index is 1650. The first-order valence-corrected chi connectivity index (χ1v) is 16.3. The Hall–Kier alpha value is -4.96. The van der Waals surface area contributed by atoms with Crippen molar-refractivity contribution in [1.82, 2.24) is 4.90 Å². The van der Waals surface area contributed by atoms with Gasteiger partial charge in [-0.2, -0.15) is 0 Å². The van der Waals surface area contributed by atoms with Gasteiger partial charge in [0, 0.05) is 12.1 Å². The van der Waals surface area contributed by atoms with Crippen LogP contribution in [0, 0.1) is 0 Å². The predicted molar refractivity (Wildman–Crippen MR) is 191 cm³/mol. The first-order chi connectivity index (χ1) is 23.4. The molecule has 49 heavy (non-hydrogen) atoms. The summed E-state index contributed by atoms with van der Waals surface area (Å²) < 4.78 is 6.01. The van der Waals surface area contributed by atoms with Gasteiger partial charge >= 0.3 is 17.9 Å². The van der Waals surface area contributed by atoms with E-state index in [0.717, 1.165) is 59.1 Å². The molecule has 0 aliphatic heterocycles. The Morgan fingerprint density at radius 2 is 1.14 bits per heavy atom. The predicted octanol–water partition coefficient (Wildman–Crippen LogP) is 6.90. The highest BCUT2D eigenvalue weighted by molar-refractivity contribution is 6.53. The highest BCUT2D eigenvalue weighted by atomic mass is 35.5. The summed E-state index contributed by atoms with van der Waals surface area (Å²) in [4.78, 5) is 32.8. The minimum Gasteiger partial charge on any atom is -0.492 e. The third kappa shape index (κ3) is 12.2. The zero-order chi connectivity index (χ0) is 35.8. The van der Waals surface area contributed by atoms with Gasteiger partial charge in [0.25, 0.3) is 0 Å². The van der Waals surface area contributed by atoms with Gasteiger partial charge in [0.15, 0.2) is 5.60 Å². The molecule has 0 saturated carbocycles. The molecule has 0 aliphatic rings. The number of carboxylic acid groups (broad SMARTS) is 3. The number of rotatable bonds is 16. The van der Waals surface area contributed by atoms with Crippen molar-refractivity contribution < 1.29 is 39.5 Å². The second kappa shape index (κ2) is 19.1. The highest BCUT2D eigenvalue weighted by Crippen LogP contribution is 2.35. The topological polar surface area (TPSA) is 145 Å². The van der Waals surface area contributed by atoms with Gasteiger partial charge in [0.1, 0.15) is 12.4 Å². The Labute approximate surface area is 291 Å². The molecular weight excluding hydrogens is 646 g/mol. The van der Waals surface area contributed by atoms with Crippen LogP contribution in [0.4, 0.5) is 0 Å². The average molecular weight is 688 g/mol. The number of carboxylic acids is 3. The number of likely N-dealkylation sites (N-methyl/N-ethyl adjacent to an activating group) is 1. The summed E-state index contributed by atoms with van der Waals surface area (Å²) in [5.74, 6) is -4.14. The van der Waals surface area contributed by atoms with Gasteiger partial charge in [0.2, 0.25) is 0 Å². The van der Waals surface area contributed by atoms with E-state index in [4.69, 9.17) is 36.8 Å². The fourth-order valence-electron chi connectivity index (χ4n) is 5.03. The lowest BCUT2D eigenvalue weighted by atomic mass is 9.93. The molecule has 4 rings (SSSR count). The van der Waals surface area contributed by atoms with Crippen molar-refractivity contribution in [3.63, 3.8) is 0 Å². The van der Waals surface area contributed by atoms with Crippen LogP contribution in [0.1, 0.15) is 54.5 Å².